The van der Waals surface area contributed by atoms with Gasteiger partial charge in [-0.05, 0) is 31.9 Å². The van der Waals surface area contributed by atoms with E-state index in [0.29, 0.717) is 10.6 Å². The summed E-state index contributed by atoms with van der Waals surface area (Å²) in [5.41, 5.74) is -1.04. The fourth-order valence-corrected chi connectivity index (χ4v) is 2.32. The molecule has 0 spiro atoms. The molecule has 1 aliphatic rings. The summed E-state index contributed by atoms with van der Waals surface area (Å²) < 4.78 is 45.5. The summed E-state index contributed by atoms with van der Waals surface area (Å²) in [5, 5.41) is 3.71. The van der Waals surface area contributed by atoms with E-state index in [1.165, 1.54) is 13.0 Å². The fraction of sp³-hybridized carbons (Fsp3) is 0.400. The monoisotopic (exact) mass is 325 g/mol. The molecule has 2 aromatic heterocycles. The van der Waals surface area contributed by atoms with Gasteiger partial charge in [-0.15, -0.1) is 0 Å². The van der Waals surface area contributed by atoms with Crippen LogP contribution in [0.25, 0.3) is 5.82 Å². The molecule has 8 heteroatoms. The van der Waals surface area contributed by atoms with Crippen molar-refractivity contribution in [3.63, 3.8) is 0 Å². The summed E-state index contributed by atoms with van der Waals surface area (Å²) in [5.74, 6) is -0.717. The number of halogens is 3. The van der Waals surface area contributed by atoms with Gasteiger partial charge >= 0.3 is 12.1 Å². The number of hydrogen-bond acceptors (Lipinski definition) is 4. The second kappa shape index (κ2) is 5.68. The van der Waals surface area contributed by atoms with Crippen LogP contribution in [0.3, 0.4) is 0 Å². The molecule has 2 aromatic rings. The van der Waals surface area contributed by atoms with Crippen LogP contribution in [0.2, 0.25) is 0 Å². The van der Waals surface area contributed by atoms with Crippen LogP contribution in [0.4, 0.5) is 13.2 Å². The van der Waals surface area contributed by atoms with Crippen molar-refractivity contribution in [2.75, 3.05) is 6.61 Å². The van der Waals surface area contributed by atoms with Gasteiger partial charge in [0, 0.05) is 11.6 Å². The second-order valence-corrected chi connectivity index (χ2v) is 5.23. The molecule has 1 saturated carbocycles. The lowest BCUT2D eigenvalue weighted by molar-refractivity contribution is -0.143. The van der Waals surface area contributed by atoms with Crippen molar-refractivity contribution in [1.82, 2.24) is 14.8 Å². The normalized spacial score (nSPS) is 14.8. The fourth-order valence-electron chi connectivity index (χ4n) is 2.32. The van der Waals surface area contributed by atoms with Crippen molar-refractivity contribution in [1.29, 1.82) is 0 Å². The number of hydrogen-bond donors (Lipinski definition) is 0. The highest BCUT2D eigenvalue weighted by molar-refractivity contribution is 5.90. The van der Waals surface area contributed by atoms with Crippen LogP contribution in [0.15, 0.2) is 24.4 Å². The number of carbonyl (C=O) groups is 1. The maximum absolute atomic E-state index is 13.4. The van der Waals surface area contributed by atoms with Crippen molar-refractivity contribution in [3.8, 4) is 5.82 Å². The molecule has 1 aliphatic carbocycles. The molecule has 3 rings (SSSR count). The zero-order chi connectivity index (χ0) is 16.6. The zero-order valence-corrected chi connectivity index (χ0v) is 12.3. The van der Waals surface area contributed by atoms with Gasteiger partial charge in [0.1, 0.15) is 5.56 Å². The first-order valence-corrected chi connectivity index (χ1v) is 7.21. The molecule has 0 radical (unpaired) electrons. The van der Waals surface area contributed by atoms with Gasteiger partial charge in [0.05, 0.1) is 12.8 Å². The SMILES string of the molecule is CCOC(=O)c1cnn(-c2cccc(C3CC3)n2)c1C(F)(F)F. The Morgan fingerprint density at radius 2 is 2.13 bits per heavy atom. The molecule has 23 heavy (non-hydrogen) atoms. The maximum Gasteiger partial charge on any atom is 0.434 e. The molecule has 0 aromatic carbocycles. The summed E-state index contributed by atoms with van der Waals surface area (Å²) in [6.45, 7) is 1.51. The average molecular weight is 325 g/mol. The first-order valence-electron chi connectivity index (χ1n) is 7.21. The van der Waals surface area contributed by atoms with Gasteiger partial charge in [0.15, 0.2) is 11.5 Å². The van der Waals surface area contributed by atoms with Crippen molar-refractivity contribution in [3.05, 3.63) is 41.3 Å². The smallest absolute Gasteiger partial charge is 0.434 e. The summed E-state index contributed by atoms with van der Waals surface area (Å²) in [4.78, 5) is 16.0. The van der Waals surface area contributed by atoms with Crippen LogP contribution in [0.5, 0.6) is 0 Å². The predicted octanol–water partition coefficient (Wildman–Crippen LogP) is 3.34. The van der Waals surface area contributed by atoms with Gasteiger partial charge in [0.2, 0.25) is 0 Å². The lowest BCUT2D eigenvalue weighted by atomic mass is 10.2. The van der Waals surface area contributed by atoms with E-state index in [9.17, 15) is 18.0 Å². The van der Waals surface area contributed by atoms with Crippen LogP contribution in [-0.4, -0.2) is 27.3 Å². The van der Waals surface area contributed by atoms with Crippen LogP contribution in [0, 0.1) is 0 Å². The van der Waals surface area contributed by atoms with E-state index < -0.39 is 23.4 Å². The van der Waals surface area contributed by atoms with E-state index in [0.717, 1.165) is 24.7 Å². The van der Waals surface area contributed by atoms with E-state index in [-0.39, 0.29) is 12.4 Å². The number of esters is 1. The molecule has 2 heterocycles. The quantitative estimate of drug-likeness (QED) is 0.809. The molecule has 0 amide bonds. The third kappa shape index (κ3) is 3.06. The average Bonchev–Trinajstić information content (AvgIpc) is 3.24. The molecule has 0 bridgehead atoms. The van der Waals surface area contributed by atoms with Crippen LogP contribution in [0.1, 0.15) is 47.4 Å². The molecule has 0 aliphatic heterocycles. The van der Waals surface area contributed by atoms with E-state index in [1.807, 2.05) is 0 Å². The number of ether oxygens (including phenoxy) is 1. The van der Waals surface area contributed by atoms with E-state index in [2.05, 4.69) is 14.8 Å². The van der Waals surface area contributed by atoms with Gasteiger partial charge < -0.3 is 4.74 Å². The standard InChI is InChI=1S/C15H14F3N3O2/c1-2-23-14(22)10-8-19-21(13(10)15(16,17)18)12-5-3-4-11(20-12)9-6-7-9/h3-5,8-9H,2,6-7H2,1H3. The van der Waals surface area contributed by atoms with Gasteiger partial charge in [0.25, 0.3) is 0 Å². The third-order valence-corrected chi connectivity index (χ3v) is 3.50. The first-order chi connectivity index (χ1) is 10.9. The number of nitrogens with zero attached hydrogens (tertiary/aromatic N) is 3. The minimum atomic E-state index is -4.75. The van der Waals surface area contributed by atoms with Gasteiger partial charge in [-0.2, -0.15) is 18.3 Å². The highest BCUT2D eigenvalue weighted by atomic mass is 19.4. The maximum atomic E-state index is 13.4. The molecular formula is C15H14F3N3O2. The molecule has 1 fully saturated rings. The van der Waals surface area contributed by atoms with Crippen molar-refractivity contribution < 1.29 is 22.7 Å². The number of rotatable bonds is 4. The highest BCUT2D eigenvalue weighted by Gasteiger charge is 2.41. The van der Waals surface area contributed by atoms with Crippen molar-refractivity contribution in [2.24, 2.45) is 0 Å². The number of alkyl halides is 3. The third-order valence-electron chi connectivity index (χ3n) is 3.50. The van der Waals surface area contributed by atoms with Crippen molar-refractivity contribution >= 4 is 5.97 Å². The minimum Gasteiger partial charge on any atom is -0.462 e. The molecule has 122 valence electrons. The molecule has 0 unspecified atom stereocenters. The van der Waals surface area contributed by atoms with Crippen LogP contribution in [-0.2, 0) is 10.9 Å². The van der Waals surface area contributed by atoms with Gasteiger partial charge in [-0.25, -0.2) is 14.5 Å². The Hall–Kier alpha value is -2.38. The zero-order valence-electron chi connectivity index (χ0n) is 12.3. The summed E-state index contributed by atoms with van der Waals surface area (Å²) in [6.07, 6.45) is -1.92. The topological polar surface area (TPSA) is 57.0 Å². The number of pyridine rings is 1. The van der Waals surface area contributed by atoms with Gasteiger partial charge in [-0.1, -0.05) is 6.07 Å². The summed E-state index contributed by atoms with van der Waals surface area (Å²) >= 11 is 0. The second-order valence-electron chi connectivity index (χ2n) is 5.23. The Labute approximate surface area is 130 Å². The first kappa shape index (κ1) is 15.5. The Morgan fingerprint density at radius 3 is 2.74 bits per heavy atom. The van der Waals surface area contributed by atoms with Crippen molar-refractivity contribution in [2.45, 2.75) is 31.9 Å². The summed E-state index contributed by atoms with van der Waals surface area (Å²) in [6, 6.07) is 4.86. The Morgan fingerprint density at radius 1 is 1.39 bits per heavy atom. The highest BCUT2D eigenvalue weighted by Crippen LogP contribution is 2.39. The van der Waals surface area contributed by atoms with E-state index in [4.69, 9.17) is 0 Å². The predicted molar refractivity (Wildman–Crippen MR) is 74.3 cm³/mol. The molecule has 0 N–H and O–H groups in total. The Bertz CT molecular complexity index is 736. The summed E-state index contributed by atoms with van der Waals surface area (Å²) in [7, 11) is 0. The lowest BCUT2D eigenvalue weighted by Gasteiger charge is -2.12. The van der Waals surface area contributed by atoms with Crippen LogP contribution < -0.4 is 0 Å². The molecule has 5 nitrogen and oxygen atoms in total. The van der Waals surface area contributed by atoms with E-state index >= 15 is 0 Å². The molecular weight excluding hydrogens is 311 g/mol. The van der Waals surface area contributed by atoms with E-state index in [1.54, 1.807) is 12.1 Å². The minimum absolute atomic E-state index is 0.0171. The largest absolute Gasteiger partial charge is 0.462 e. The Balaban J connectivity index is 2.08. The molecule has 0 atom stereocenters. The van der Waals surface area contributed by atoms with Crippen LogP contribution >= 0.6 is 0 Å². The lowest BCUT2D eigenvalue weighted by Crippen LogP contribution is -2.19. The number of aromatic nitrogens is 3. The number of carbonyl (C=O) groups excluding carboxylic acids is 1. The Kier molecular flexibility index (Phi) is 3.83. The molecule has 0 saturated heterocycles. The van der Waals surface area contributed by atoms with Gasteiger partial charge in [-0.3, -0.25) is 0 Å².